The molecule has 1 aliphatic heterocycles. The highest BCUT2D eigenvalue weighted by molar-refractivity contribution is 7.82. The van der Waals surface area contributed by atoms with Gasteiger partial charge in [-0.3, -0.25) is 0 Å². The van der Waals surface area contributed by atoms with E-state index in [0.29, 0.717) is 0 Å². The molecular weight excluding hydrogens is 132 g/mol. The van der Waals surface area contributed by atoms with E-state index in [9.17, 15) is 8.42 Å². The summed E-state index contributed by atoms with van der Waals surface area (Å²) in [6, 6.07) is 0. The zero-order chi connectivity index (χ0) is 6.20. The van der Waals surface area contributed by atoms with Crippen molar-refractivity contribution >= 4 is 10.4 Å². The molecule has 1 atom stereocenters. The summed E-state index contributed by atoms with van der Waals surface area (Å²) in [5, 5.41) is 0. The van der Waals surface area contributed by atoms with Crippen LogP contribution in [0.3, 0.4) is 0 Å². The normalized spacial score (nSPS) is 35.4. The molecular formula is C3H6O4S. The predicted molar refractivity (Wildman–Crippen MR) is 25.4 cm³/mol. The summed E-state index contributed by atoms with van der Waals surface area (Å²) in [6.45, 7) is 1.77. The zero-order valence-electron chi connectivity index (χ0n) is 4.33. The second kappa shape index (κ2) is 1.68. The van der Waals surface area contributed by atoms with Crippen LogP contribution in [0.25, 0.3) is 0 Å². The van der Waals surface area contributed by atoms with E-state index in [4.69, 9.17) is 0 Å². The molecule has 48 valence electrons. The summed E-state index contributed by atoms with van der Waals surface area (Å²) in [5.41, 5.74) is 0. The number of hydrogen-bond acceptors (Lipinski definition) is 4. The molecule has 0 unspecified atom stereocenters. The molecule has 1 saturated heterocycles. The smallest absolute Gasteiger partial charge is 0.245 e. The monoisotopic (exact) mass is 138 g/mol. The van der Waals surface area contributed by atoms with Crippen LogP contribution >= 0.6 is 0 Å². The Kier molecular flexibility index (Phi) is 1.26. The predicted octanol–water partition coefficient (Wildman–Crippen LogP) is -0.333. The molecule has 8 heavy (non-hydrogen) atoms. The molecule has 0 aliphatic carbocycles. The minimum Gasteiger partial charge on any atom is -0.245 e. The average molecular weight is 138 g/mol. The Labute approximate surface area is 47.7 Å². The van der Waals surface area contributed by atoms with Crippen LogP contribution in [-0.2, 0) is 18.8 Å². The highest BCUT2D eigenvalue weighted by Gasteiger charge is 2.25. The Morgan fingerprint density at radius 2 is 2.25 bits per heavy atom. The maximum Gasteiger partial charge on any atom is 0.400 e. The molecule has 0 radical (unpaired) electrons. The molecule has 1 heterocycles. The van der Waals surface area contributed by atoms with E-state index in [-0.39, 0.29) is 12.7 Å². The fraction of sp³-hybridized carbons (Fsp3) is 1.00. The van der Waals surface area contributed by atoms with Crippen molar-refractivity contribution in [1.82, 2.24) is 0 Å². The molecule has 5 heteroatoms. The molecule has 0 spiro atoms. The van der Waals surface area contributed by atoms with Crippen LogP contribution < -0.4 is 0 Å². The summed E-state index contributed by atoms with van der Waals surface area (Å²) in [5.74, 6) is 0. The van der Waals surface area contributed by atoms with Gasteiger partial charge in [-0.25, -0.2) is 8.37 Å². The van der Waals surface area contributed by atoms with Crippen molar-refractivity contribution in [3.05, 3.63) is 0 Å². The van der Waals surface area contributed by atoms with Crippen molar-refractivity contribution in [1.29, 1.82) is 0 Å². The molecule has 4 nitrogen and oxygen atoms in total. The molecule has 0 bridgehead atoms. The Morgan fingerprint density at radius 1 is 1.62 bits per heavy atom. The van der Waals surface area contributed by atoms with Crippen molar-refractivity contribution in [2.45, 2.75) is 13.0 Å². The Morgan fingerprint density at radius 3 is 2.38 bits per heavy atom. The minimum absolute atomic E-state index is 0.141. The quantitative estimate of drug-likeness (QED) is 0.459. The van der Waals surface area contributed by atoms with Gasteiger partial charge < -0.3 is 0 Å². The lowest BCUT2D eigenvalue weighted by atomic mass is 10.5. The third-order valence-corrected chi connectivity index (χ3v) is 1.72. The van der Waals surface area contributed by atoms with Gasteiger partial charge >= 0.3 is 10.4 Å². The second-order valence-electron chi connectivity index (χ2n) is 1.60. The zero-order valence-corrected chi connectivity index (χ0v) is 5.14. The average Bonchev–Trinajstić information content (AvgIpc) is 1.82. The van der Waals surface area contributed by atoms with Crippen LogP contribution in [0.4, 0.5) is 0 Å². The highest BCUT2D eigenvalue weighted by atomic mass is 32.3. The molecule has 1 aliphatic rings. The van der Waals surface area contributed by atoms with E-state index in [2.05, 4.69) is 8.37 Å². The van der Waals surface area contributed by atoms with Crippen molar-refractivity contribution in [2.24, 2.45) is 0 Å². The molecule has 0 saturated carbocycles. The summed E-state index contributed by atoms with van der Waals surface area (Å²) in [6.07, 6.45) is -0.319. The van der Waals surface area contributed by atoms with Crippen LogP contribution in [0, 0.1) is 0 Å². The van der Waals surface area contributed by atoms with Crippen LogP contribution in [0.1, 0.15) is 6.92 Å². The Bertz CT molecular complexity index is 170. The molecule has 0 N–H and O–H groups in total. The van der Waals surface area contributed by atoms with Gasteiger partial charge in [0, 0.05) is 0 Å². The van der Waals surface area contributed by atoms with E-state index in [1.807, 2.05) is 0 Å². The molecule has 0 amide bonds. The summed E-state index contributed by atoms with van der Waals surface area (Å²) in [7, 11) is -3.60. The third-order valence-electron chi connectivity index (χ3n) is 0.729. The maximum atomic E-state index is 10.2. The van der Waals surface area contributed by atoms with Gasteiger partial charge in [-0.15, -0.1) is 0 Å². The largest absolute Gasteiger partial charge is 0.400 e. The van der Waals surface area contributed by atoms with E-state index >= 15 is 0 Å². The van der Waals surface area contributed by atoms with Crippen LogP contribution in [0.2, 0.25) is 0 Å². The van der Waals surface area contributed by atoms with Crippen LogP contribution in [0.5, 0.6) is 0 Å². The highest BCUT2D eigenvalue weighted by Crippen LogP contribution is 2.10. The topological polar surface area (TPSA) is 52.6 Å². The first-order valence-corrected chi connectivity index (χ1v) is 3.51. The van der Waals surface area contributed by atoms with Gasteiger partial charge in [0.25, 0.3) is 0 Å². The number of rotatable bonds is 0. The molecule has 0 aromatic heterocycles. The van der Waals surface area contributed by atoms with Crippen molar-refractivity contribution in [3.63, 3.8) is 0 Å². The van der Waals surface area contributed by atoms with E-state index in [1.54, 1.807) is 6.92 Å². The van der Waals surface area contributed by atoms with Gasteiger partial charge in [0.1, 0.15) is 6.10 Å². The maximum absolute atomic E-state index is 10.2. The SMILES string of the molecule is C[C@H]1COS(=O)(=O)O1. The van der Waals surface area contributed by atoms with Gasteiger partial charge in [-0.05, 0) is 6.92 Å². The Balaban J connectivity index is 2.71. The molecule has 0 aromatic carbocycles. The van der Waals surface area contributed by atoms with Gasteiger partial charge in [-0.1, -0.05) is 0 Å². The van der Waals surface area contributed by atoms with Crippen molar-refractivity contribution < 1.29 is 16.8 Å². The van der Waals surface area contributed by atoms with Gasteiger partial charge in [-0.2, -0.15) is 8.42 Å². The lowest BCUT2D eigenvalue weighted by molar-refractivity contribution is 0.258. The van der Waals surface area contributed by atoms with Gasteiger partial charge in [0.05, 0.1) is 6.61 Å². The van der Waals surface area contributed by atoms with Crippen molar-refractivity contribution in [3.8, 4) is 0 Å². The molecule has 0 aromatic rings. The number of hydrogen-bond donors (Lipinski definition) is 0. The fourth-order valence-electron chi connectivity index (χ4n) is 0.436. The van der Waals surface area contributed by atoms with E-state index < -0.39 is 10.4 Å². The Hall–Kier alpha value is -0.130. The van der Waals surface area contributed by atoms with Crippen LogP contribution in [-0.4, -0.2) is 21.1 Å². The lowest BCUT2D eigenvalue weighted by Gasteiger charge is -1.89. The molecule has 1 fully saturated rings. The van der Waals surface area contributed by atoms with Gasteiger partial charge in [0.2, 0.25) is 0 Å². The fourth-order valence-corrected chi connectivity index (χ4v) is 1.31. The van der Waals surface area contributed by atoms with E-state index in [1.165, 1.54) is 0 Å². The first-order chi connectivity index (χ1) is 3.60. The first kappa shape index (κ1) is 6.00. The third kappa shape index (κ3) is 1.18. The lowest BCUT2D eigenvalue weighted by Crippen LogP contribution is -2.02. The summed E-state index contributed by atoms with van der Waals surface area (Å²) in [4.78, 5) is 0. The first-order valence-electron chi connectivity index (χ1n) is 2.18. The van der Waals surface area contributed by atoms with Gasteiger partial charge in [0.15, 0.2) is 0 Å². The van der Waals surface area contributed by atoms with Crippen molar-refractivity contribution in [2.75, 3.05) is 6.61 Å². The van der Waals surface area contributed by atoms with E-state index in [0.717, 1.165) is 0 Å². The standard InChI is InChI=1S/C3H6O4S/c1-3-2-6-8(4,5)7-3/h3H,2H2,1H3/t3-/m0/s1. The molecule has 1 rings (SSSR count). The summed E-state index contributed by atoms with van der Waals surface area (Å²) >= 11 is 0. The van der Waals surface area contributed by atoms with Crippen LogP contribution in [0.15, 0.2) is 0 Å². The minimum atomic E-state index is -3.60. The summed E-state index contributed by atoms with van der Waals surface area (Å²) < 4.78 is 28.9. The second-order valence-corrected chi connectivity index (χ2v) is 2.84.